The highest BCUT2D eigenvalue weighted by atomic mass is 16.5. The fourth-order valence-corrected chi connectivity index (χ4v) is 2.30. The lowest BCUT2D eigenvalue weighted by atomic mass is 10.1. The van der Waals surface area contributed by atoms with Crippen molar-refractivity contribution in [2.75, 3.05) is 19.5 Å². The molecule has 0 aliphatic carbocycles. The van der Waals surface area contributed by atoms with Gasteiger partial charge in [0.15, 0.2) is 0 Å². The summed E-state index contributed by atoms with van der Waals surface area (Å²) in [6, 6.07) is 11.7. The number of carbonyl (C=O) groups is 2. The van der Waals surface area contributed by atoms with Crippen LogP contribution in [0.1, 0.15) is 21.5 Å². The van der Waals surface area contributed by atoms with Crippen LogP contribution in [0.4, 0.5) is 5.69 Å². The molecular weight excluding hydrogens is 322 g/mol. The zero-order valence-electron chi connectivity index (χ0n) is 14.0. The molecule has 0 saturated heterocycles. The zero-order chi connectivity index (χ0) is 18.2. The van der Waals surface area contributed by atoms with E-state index >= 15 is 0 Å². The lowest BCUT2D eigenvalue weighted by Gasteiger charge is -2.08. The van der Waals surface area contributed by atoms with Gasteiger partial charge in [0.05, 0.1) is 25.0 Å². The Balaban J connectivity index is 2.13. The monoisotopic (exact) mass is 341 g/mol. The molecule has 0 unspecified atom stereocenters. The number of carboxylic acid groups (broad SMARTS) is 1. The van der Waals surface area contributed by atoms with Crippen molar-refractivity contribution in [3.63, 3.8) is 0 Å². The lowest BCUT2D eigenvalue weighted by Crippen LogP contribution is -2.11. The summed E-state index contributed by atoms with van der Waals surface area (Å²) in [6.07, 6.45) is 2.98. The number of nitrogens with one attached hydrogen (secondary N) is 1. The second-order valence-electron chi connectivity index (χ2n) is 5.18. The Morgan fingerprint density at radius 1 is 1.16 bits per heavy atom. The number of benzene rings is 2. The molecule has 0 fully saturated rings. The van der Waals surface area contributed by atoms with Gasteiger partial charge in [0.2, 0.25) is 5.91 Å². The van der Waals surface area contributed by atoms with E-state index in [1.807, 2.05) is 12.1 Å². The maximum Gasteiger partial charge on any atom is 0.337 e. The van der Waals surface area contributed by atoms with Gasteiger partial charge in [-0.25, -0.2) is 4.79 Å². The van der Waals surface area contributed by atoms with Crippen LogP contribution in [0.3, 0.4) is 0 Å². The molecule has 0 aromatic heterocycles. The largest absolute Gasteiger partial charge is 0.496 e. The minimum atomic E-state index is -1.10. The fourth-order valence-electron chi connectivity index (χ4n) is 2.30. The number of carbonyl (C=O) groups excluding carboxylic acids is 1. The number of hydrogen-bond acceptors (Lipinski definition) is 4. The van der Waals surface area contributed by atoms with Crippen LogP contribution in [0.5, 0.6) is 5.75 Å². The van der Waals surface area contributed by atoms with Crippen LogP contribution in [-0.2, 0) is 16.1 Å². The molecule has 2 aromatic rings. The smallest absolute Gasteiger partial charge is 0.337 e. The van der Waals surface area contributed by atoms with Gasteiger partial charge in [0.25, 0.3) is 0 Å². The van der Waals surface area contributed by atoms with Crippen molar-refractivity contribution in [2.45, 2.75) is 6.61 Å². The van der Waals surface area contributed by atoms with Gasteiger partial charge in [0, 0.05) is 18.7 Å². The normalized spacial score (nSPS) is 10.6. The molecular formula is C19H19NO5. The van der Waals surface area contributed by atoms with E-state index in [9.17, 15) is 9.59 Å². The van der Waals surface area contributed by atoms with Crippen LogP contribution in [0, 0.1) is 0 Å². The first-order chi connectivity index (χ1) is 12.0. The number of carboxylic acids is 1. The highest BCUT2D eigenvalue weighted by Crippen LogP contribution is 2.21. The third kappa shape index (κ3) is 4.92. The van der Waals surface area contributed by atoms with Crippen molar-refractivity contribution in [3.8, 4) is 5.75 Å². The number of amides is 1. The van der Waals surface area contributed by atoms with Gasteiger partial charge in [-0.3, -0.25) is 4.79 Å². The Morgan fingerprint density at radius 2 is 1.92 bits per heavy atom. The molecule has 2 N–H and O–H groups in total. The van der Waals surface area contributed by atoms with E-state index in [2.05, 4.69) is 5.32 Å². The third-order valence-corrected chi connectivity index (χ3v) is 3.45. The average molecular weight is 341 g/mol. The molecule has 0 radical (unpaired) electrons. The van der Waals surface area contributed by atoms with Crippen molar-refractivity contribution in [2.24, 2.45) is 0 Å². The molecule has 2 aromatic carbocycles. The summed E-state index contributed by atoms with van der Waals surface area (Å²) in [7, 11) is 3.17. The SMILES string of the molecule is COCc1cc(C=CC(=O)Nc2ccccc2C(=O)O)ccc1OC. The topological polar surface area (TPSA) is 84.9 Å². The van der Waals surface area contributed by atoms with Gasteiger partial charge in [-0.2, -0.15) is 0 Å². The molecule has 6 nitrogen and oxygen atoms in total. The van der Waals surface area contributed by atoms with Crippen molar-refractivity contribution < 1.29 is 24.2 Å². The minimum absolute atomic E-state index is 0.0380. The quantitative estimate of drug-likeness (QED) is 0.756. The van der Waals surface area contributed by atoms with Gasteiger partial charge < -0.3 is 19.9 Å². The van der Waals surface area contributed by atoms with Gasteiger partial charge >= 0.3 is 5.97 Å². The summed E-state index contributed by atoms with van der Waals surface area (Å²) < 4.78 is 10.4. The molecule has 0 saturated carbocycles. The molecule has 25 heavy (non-hydrogen) atoms. The number of aromatic carboxylic acids is 1. The summed E-state index contributed by atoms with van der Waals surface area (Å²) in [4.78, 5) is 23.2. The Labute approximate surface area is 145 Å². The van der Waals surface area contributed by atoms with Crippen molar-refractivity contribution in [1.29, 1.82) is 0 Å². The maximum absolute atomic E-state index is 12.1. The maximum atomic E-state index is 12.1. The number of para-hydroxylation sites is 1. The number of ether oxygens (including phenoxy) is 2. The summed E-state index contributed by atoms with van der Waals surface area (Å²) in [6.45, 7) is 0.392. The molecule has 0 bridgehead atoms. The van der Waals surface area contributed by atoms with E-state index in [1.54, 1.807) is 44.6 Å². The summed E-state index contributed by atoms with van der Waals surface area (Å²) in [5.74, 6) is -0.809. The summed E-state index contributed by atoms with van der Waals surface area (Å²) in [5.41, 5.74) is 1.95. The Bertz CT molecular complexity index is 798. The Hall–Kier alpha value is -3.12. The van der Waals surface area contributed by atoms with Crippen LogP contribution in [0.25, 0.3) is 6.08 Å². The highest BCUT2D eigenvalue weighted by molar-refractivity contribution is 6.06. The van der Waals surface area contributed by atoms with E-state index < -0.39 is 11.9 Å². The van der Waals surface area contributed by atoms with Crippen LogP contribution in [0.15, 0.2) is 48.5 Å². The predicted molar refractivity (Wildman–Crippen MR) is 94.8 cm³/mol. The van der Waals surface area contributed by atoms with Gasteiger partial charge in [-0.1, -0.05) is 18.2 Å². The number of anilines is 1. The molecule has 1 amide bonds. The van der Waals surface area contributed by atoms with E-state index in [0.29, 0.717) is 12.4 Å². The van der Waals surface area contributed by atoms with Gasteiger partial charge in [-0.05, 0) is 35.9 Å². The second kappa shape index (κ2) is 8.65. The fraction of sp³-hybridized carbons (Fsp3) is 0.158. The lowest BCUT2D eigenvalue weighted by molar-refractivity contribution is -0.111. The first-order valence-electron chi connectivity index (χ1n) is 7.52. The summed E-state index contributed by atoms with van der Waals surface area (Å²) in [5, 5.41) is 11.7. The molecule has 0 spiro atoms. The molecule has 0 aliphatic heterocycles. The number of rotatable bonds is 7. The Kier molecular flexibility index (Phi) is 6.31. The molecule has 0 aliphatic rings. The third-order valence-electron chi connectivity index (χ3n) is 3.45. The first-order valence-corrected chi connectivity index (χ1v) is 7.52. The van der Waals surface area contributed by atoms with Crippen LogP contribution < -0.4 is 10.1 Å². The van der Waals surface area contributed by atoms with Gasteiger partial charge in [0.1, 0.15) is 5.75 Å². The Morgan fingerprint density at radius 3 is 2.60 bits per heavy atom. The van der Waals surface area contributed by atoms with E-state index in [1.165, 1.54) is 12.1 Å². The van der Waals surface area contributed by atoms with E-state index in [-0.39, 0.29) is 11.3 Å². The van der Waals surface area contributed by atoms with E-state index in [4.69, 9.17) is 14.6 Å². The molecule has 0 heterocycles. The first kappa shape index (κ1) is 18.2. The summed E-state index contributed by atoms with van der Waals surface area (Å²) >= 11 is 0. The van der Waals surface area contributed by atoms with Crippen molar-refractivity contribution in [1.82, 2.24) is 0 Å². The molecule has 6 heteroatoms. The highest BCUT2D eigenvalue weighted by Gasteiger charge is 2.10. The number of hydrogen-bond donors (Lipinski definition) is 2. The van der Waals surface area contributed by atoms with Crippen LogP contribution in [-0.4, -0.2) is 31.2 Å². The standard InChI is InChI=1S/C19H19NO5/c1-24-12-14-11-13(7-9-17(14)25-2)8-10-18(21)20-16-6-4-3-5-15(16)19(22)23/h3-11H,12H2,1-2H3,(H,20,21)(H,22,23). The predicted octanol–water partition coefficient (Wildman–Crippen LogP) is 3.19. The minimum Gasteiger partial charge on any atom is -0.496 e. The number of methoxy groups -OCH3 is 2. The van der Waals surface area contributed by atoms with Crippen LogP contribution >= 0.6 is 0 Å². The van der Waals surface area contributed by atoms with Gasteiger partial charge in [-0.15, -0.1) is 0 Å². The zero-order valence-corrected chi connectivity index (χ0v) is 14.0. The van der Waals surface area contributed by atoms with E-state index in [0.717, 1.165) is 11.1 Å². The van der Waals surface area contributed by atoms with Crippen molar-refractivity contribution in [3.05, 3.63) is 65.2 Å². The molecule has 2 rings (SSSR count). The molecule has 0 atom stereocenters. The average Bonchev–Trinajstić information content (AvgIpc) is 2.61. The van der Waals surface area contributed by atoms with Crippen molar-refractivity contribution >= 4 is 23.6 Å². The molecule has 130 valence electrons. The second-order valence-corrected chi connectivity index (χ2v) is 5.18. The van der Waals surface area contributed by atoms with Crippen LogP contribution in [0.2, 0.25) is 0 Å².